The van der Waals surface area contributed by atoms with Gasteiger partial charge in [-0.25, -0.2) is 10.0 Å². The van der Waals surface area contributed by atoms with Gasteiger partial charge in [0.1, 0.15) is 11.5 Å². The molecule has 2 saturated heterocycles. The summed E-state index contributed by atoms with van der Waals surface area (Å²) in [6.07, 6.45) is 1.61. The summed E-state index contributed by atoms with van der Waals surface area (Å²) in [6.45, 7) is 4.09. The summed E-state index contributed by atoms with van der Waals surface area (Å²) in [5.41, 5.74) is 1.16. The number of aryl methyl sites for hydroxylation is 1. The molecule has 150 valence electrons. The van der Waals surface area contributed by atoms with Crippen molar-refractivity contribution in [3.05, 3.63) is 56.7 Å². The lowest BCUT2D eigenvalue weighted by Crippen LogP contribution is -2.50. The van der Waals surface area contributed by atoms with E-state index in [2.05, 4.69) is 0 Å². The summed E-state index contributed by atoms with van der Waals surface area (Å²) < 4.78 is 11.6. The van der Waals surface area contributed by atoms with Gasteiger partial charge in [0, 0.05) is 25.2 Å². The van der Waals surface area contributed by atoms with E-state index in [9.17, 15) is 14.9 Å². The Kier molecular flexibility index (Phi) is 5.50. The molecule has 1 amide bonds. The fourth-order valence-corrected chi connectivity index (χ4v) is 4.45. The molecule has 0 unspecified atom stereocenters. The largest absolute Gasteiger partial charge is 0.456 e. The van der Waals surface area contributed by atoms with Crippen molar-refractivity contribution < 1.29 is 18.9 Å². The Bertz CT molecular complexity index is 1030. The van der Waals surface area contributed by atoms with Crippen LogP contribution in [0, 0.1) is 17.0 Å². The standard InChI is InChI=1S/C19H17N3O5S2/c1-12-2-4-14(15(10-12)22(24)25)16-5-3-13(27-16)11-17-18(23)21(19(28)29-17)20-6-8-26-9-7-20/h2-5,10-11H,6-9H2,1H3. The molecule has 1 aromatic carbocycles. The summed E-state index contributed by atoms with van der Waals surface area (Å²) in [5.74, 6) is 0.588. The molecule has 0 saturated carbocycles. The topological polar surface area (TPSA) is 89.1 Å². The highest BCUT2D eigenvalue weighted by Crippen LogP contribution is 2.36. The van der Waals surface area contributed by atoms with Gasteiger partial charge in [-0.2, -0.15) is 0 Å². The number of rotatable bonds is 4. The van der Waals surface area contributed by atoms with Crippen LogP contribution >= 0.6 is 24.0 Å². The molecule has 0 bridgehead atoms. The highest BCUT2D eigenvalue weighted by Gasteiger charge is 2.37. The molecular formula is C19H17N3O5S2. The Labute approximate surface area is 176 Å². The number of furan rings is 1. The van der Waals surface area contributed by atoms with Crippen LogP contribution in [0.1, 0.15) is 11.3 Å². The van der Waals surface area contributed by atoms with Gasteiger partial charge >= 0.3 is 0 Å². The van der Waals surface area contributed by atoms with Gasteiger partial charge in [0.2, 0.25) is 0 Å². The Morgan fingerprint density at radius 2 is 2.00 bits per heavy atom. The minimum Gasteiger partial charge on any atom is -0.456 e. The zero-order chi connectivity index (χ0) is 20.5. The maximum Gasteiger partial charge on any atom is 0.281 e. The molecule has 2 fully saturated rings. The van der Waals surface area contributed by atoms with E-state index >= 15 is 0 Å². The molecule has 2 aromatic rings. The van der Waals surface area contributed by atoms with E-state index in [1.165, 1.54) is 22.8 Å². The van der Waals surface area contributed by atoms with Crippen molar-refractivity contribution in [2.75, 3.05) is 26.3 Å². The maximum atomic E-state index is 12.8. The number of benzene rings is 1. The molecule has 3 heterocycles. The van der Waals surface area contributed by atoms with Crippen LogP contribution in [0.5, 0.6) is 0 Å². The maximum absolute atomic E-state index is 12.8. The lowest BCUT2D eigenvalue weighted by Gasteiger charge is -2.33. The van der Waals surface area contributed by atoms with Crippen molar-refractivity contribution >= 4 is 46.0 Å². The van der Waals surface area contributed by atoms with Crippen molar-refractivity contribution in [1.82, 2.24) is 10.0 Å². The molecular weight excluding hydrogens is 414 g/mol. The molecule has 0 atom stereocenters. The van der Waals surface area contributed by atoms with E-state index < -0.39 is 4.92 Å². The molecule has 4 rings (SSSR count). The van der Waals surface area contributed by atoms with Crippen LogP contribution in [-0.2, 0) is 9.53 Å². The minimum atomic E-state index is -0.433. The zero-order valence-corrected chi connectivity index (χ0v) is 17.1. The average Bonchev–Trinajstić information content (AvgIpc) is 3.27. The van der Waals surface area contributed by atoms with E-state index in [1.54, 1.807) is 37.3 Å². The number of hydrogen-bond acceptors (Lipinski definition) is 8. The number of thiocarbonyl (C=S) groups is 1. The number of amides is 1. The van der Waals surface area contributed by atoms with Crippen LogP contribution in [-0.4, -0.2) is 51.5 Å². The van der Waals surface area contributed by atoms with E-state index in [0.29, 0.717) is 52.6 Å². The van der Waals surface area contributed by atoms with Crippen molar-refractivity contribution in [2.24, 2.45) is 0 Å². The second-order valence-corrected chi connectivity index (χ2v) is 8.22. The number of nitrogens with zero attached hydrogens (tertiary/aromatic N) is 3. The van der Waals surface area contributed by atoms with Crippen LogP contribution in [0.4, 0.5) is 5.69 Å². The zero-order valence-electron chi connectivity index (χ0n) is 15.5. The number of morpholine rings is 1. The fourth-order valence-electron chi connectivity index (χ4n) is 3.16. The van der Waals surface area contributed by atoms with Crippen LogP contribution < -0.4 is 0 Å². The first-order valence-electron chi connectivity index (χ1n) is 8.90. The van der Waals surface area contributed by atoms with E-state index in [-0.39, 0.29) is 11.6 Å². The highest BCUT2D eigenvalue weighted by atomic mass is 32.2. The molecule has 0 spiro atoms. The van der Waals surface area contributed by atoms with Gasteiger partial charge in [0.25, 0.3) is 11.6 Å². The molecule has 8 nitrogen and oxygen atoms in total. The normalized spacial score (nSPS) is 19.3. The number of carbonyl (C=O) groups excluding carboxylic acids is 1. The molecule has 2 aliphatic rings. The van der Waals surface area contributed by atoms with E-state index in [1.807, 2.05) is 5.01 Å². The Balaban J connectivity index is 1.59. The molecule has 0 radical (unpaired) electrons. The first-order chi connectivity index (χ1) is 13.9. The van der Waals surface area contributed by atoms with Crippen LogP contribution in [0.3, 0.4) is 0 Å². The van der Waals surface area contributed by atoms with Crippen molar-refractivity contribution in [1.29, 1.82) is 0 Å². The van der Waals surface area contributed by atoms with Gasteiger partial charge in [-0.15, -0.1) is 0 Å². The number of carbonyl (C=O) groups is 1. The lowest BCUT2D eigenvalue weighted by atomic mass is 10.1. The number of hydrazine groups is 1. The van der Waals surface area contributed by atoms with E-state index in [0.717, 1.165) is 5.56 Å². The van der Waals surface area contributed by atoms with Gasteiger partial charge in [-0.1, -0.05) is 30.0 Å². The minimum absolute atomic E-state index is 0.0236. The van der Waals surface area contributed by atoms with Gasteiger partial charge in [0.05, 0.1) is 28.6 Å². The molecule has 0 N–H and O–H groups in total. The second kappa shape index (κ2) is 8.07. The monoisotopic (exact) mass is 431 g/mol. The second-order valence-electron chi connectivity index (χ2n) is 6.54. The van der Waals surface area contributed by atoms with Gasteiger partial charge in [-0.3, -0.25) is 14.9 Å². The van der Waals surface area contributed by atoms with Crippen molar-refractivity contribution in [3.8, 4) is 11.3 Å². The summed E-state index contributed by atoms with van der Waals surface area (Å²) >= 11 is 6.57. The first kappa shape index (κ1) is 19.8. The average molecular weight is 431 g/mol. The summed E-state index contributed by atoms with van der Waals surface area (Å²) in [5, 5.41) is 14.8. The van der Waals surface area contributed by atoms with Gasteiger partial charge in [-0.05, 0) is 30.7 Å². The van der Waals surface area contributed by atoms with Crippen LogP contribution in [0.15, 0.2) is 39.7 Å². The smallest absolute Gasteiger partial charge is 0.281 e. The molecule has 1 aromatic heterocycles. The predicted molar refractivity (Wildman–Crippen MR) is 113 cm³/mol. The third-order valence-corrected chi connectivity index (χ3v) is 5.84. The van der Waals surface area contributed by atoms with Crippen LogP contribution in [0.25, 0.3) is 17.4 Å². The Hall–Kier alpha value is -2.53. The molecule has 10 heteroatoms. The number of ether oxygens (including phenoxy) is 1. The Morgan fingerprint density at radius 1 is 1.24 bits per heavy atom. The predicted octanol–water partition coefficient (Wildman–Crippen LogP) is 3.61. The fraction of sp³-hybridized carbons (Fsp3) is 0.263. The molecule has 0 aliphatic carbocycles. The van der Waals surface area contributed by atoms with Crippen molar-refractivity contribution in [3.63, 3.8) is 0 Å². The number of nitro benzene ring substituents is 1. The molecule has 2 aliphatic heterocycles. The first-order valence-corrected chi connectivity index (χ1v) is 10.1. The van der Waals surface area contributed by atoms with E-state index in [4.69, 9.17) is 21.4 Å². The lowest BCUT2D eigenvalue weighted by molar-refractivity contribution is -0.384. The Morgan fingerprint density at radius 3 is 2.72 bits per heavy atom. The summed E-state index contributed by atoms with van der Waals surface area (Å²) in [4.78, 5) is 24.2. The SMILES string of the molecule is Cc1ccc(-c2ccc(C=C3SC(=S)N(N4CCOCC4)C3=O)o2)c([N+](=O)[O-])c1. The molecule has 29 heavy (non-hydrogen) atoms. The third kappa shape index (κ3) is 3.97. The van der Waals surface area contributed by atoms with Gasteiger partial charge in [0.15, 0.2) is 4.32 Å². The highest BCUT2D eigenvalue weighted by molar-refractivity contribution is 8.26. The van der Waals surface area contributed by atoms with Crippen molar-refractivity contribution in [2.45, 2.75) is 6.92 Å². The summed E-state index contributed by atoms with van der Waals surface area (Å²) in [7, 11) is 0. The van der Waals surface area contributed by atoms with Crippen LogP contribution in [0.2, 0.25) is 0 Å². The number of thioether (sulfide) groups is 1. The third-order valence-electron chi connectivity index (χ3n) is 4.56. The quantitative estimate of drug-likeness (QED) is 0.314. The number of hydrogen-bond donors (Lipinski definition) is 0. The number of nitro groups is 1. The van der Waals surface area contributed by atoms with Gasteiger partial charge < -0.3 is 9.15 Å². The summed E-state index contributed by atoms with van der Waals surface area (Å²) in [6, 6.07) is 8.30.